The second kappa shape index (κ2) is 8.97. The number of carbonyl (C=O) groups is 2. The molecule has 0 atom stereocenters. The van der Waals surface area contributed by atoms with Crippen molar-refractivity contribution in [3.05, 3.63) is 29.8 Å². The van der Waals surface area contributed by atoms with Gasteiger partial charge in [-0.25, -0.2) is 0 Å². The van der Waals surface area contributed by atoms with Gasteiger partial charge in [0.2, 0.25) is 11.8 Å². The third kappa shape index (κ3) is 5.26. The molecule has 4 nitrogen and oxygen atoms in total. The molecule has 154 valence electrons. The molecule has 1 aromatic carbocycles. The van der Waals surface area contributed by atoms with Crippen molar-refractivity contribution in [1.82, 2.24) is 5.32 Å². The van der Waals surface area contributed by atoms with Gasteiger partial charge in [0.15, 0.2) is 0 Å². The van der Waals surface area contributed by atoms with Gasteiger partial charge in [0.25, 0.3) is 0 Å². The quantitative estimate of drug-likeness (QED) is 0.761. The Bertz CT molecular complexity index is 691. The Morgan fingerprint density at radius 3 is 2.00 bits per heavy atom. The fraction of sp³-hybridized carbons (Fsp3) is 0.619. The lowest BCUT2D eigenvalue weighted by molar-refractivity contribution is -0.137. The summed E-state index contributed by atoms with van der Waals surface area (Å²) >= 11 is 0. The average Bonchev–Trinajstić information content (AvgIpc) is 2.68. The van der Waals surface area contributed by atoms with Crippen molar-refractivity contribution in [3.63, 3.8) is 0 Å². The lowest BCUT2D eigenvalue weighted by Gasteiger charge is -2.30. The molecule has 0 unspecified atom stereocenters. The fourth-order valence-corrected chi connectivity index (χ4v) is 4.26. The second-order valence-corrected chi connectivity index (χ2v) is 7.92. The molecule has 0 aliphatic heterocycles. The van der Waals surface area contributed by atoms with Crippen LogP contribution in [0.1, 0.15) is 63.4 Å². The van der Waals surface area contributed by atoms with Crippen LogP contribution in [0, 0.1) is 11.8 Å². The van der Waals surface area contributed by atoms with E-state index in [1.54, 1.807) is 0 Å². The molecule has 2 aliphatic carbocycles. The van der Waals surface area contributed by atoms with Crippen LogP contribution in [0.3, 0.4) is 0 Å². The molecule has 0 aromatic heterocycles. The zero-order chi connectivity index (χ0) is 20.1. The zero-order valence-electron chi connectivity index (χ0n) is 15.9. The first-order valence-electron chi connectivity index (χ1n) is 10.1. The Morgan fingerprint density at radius 2 is 1.39 bits per heavy atom. The van der Waals surface area contributed by atoms with Gasteiger partial charge in [0.1, 0.15) is 0 Å². The minimum absolute atomic E-state index is 0.0631. The van der Waals surface area contributed by atoms with Crippen molar-refractivity contribution < 1.29 is 22.8 Å². The molecule has 3 rings (SSSR count). The summed E-state index contributed by atoms with van der Waals surface area (Å²) in [6.45, 7) is 0. The first kappa shape index (κ1) is 20.7. The van der Waals surface area contributed by atoms with Crippen LogP contribution < -0.4 is 10.6 Å². The number of nitrogens with one attached hydrogen (secondary N) is 2. The number of anilines is 1. The molecule has 2 saturated carbocycles. The maximum atomic E-state index is 13.1. The topological polar surface area (TPSA) is 58.2 Å². The smallest absolute Gasteiger partial charge is 0.353 e. The highest BCUT2D eigenvalue weighted by Gasteiger charge is 2.35. The number of hydrogen-bond acceptors (Lipinski definition) is 2. The maximum absolute atomic E-state index is 13.1. The van der Waals surface area contributed by atoms with Crippen molar-refractivity contribution in [2.75, 3.05) is 5.32 Å². The molecule has 0 radical (unpaired) electrons. The molecule has 0 saturated heterocycles. The van der Waals surface area contributed by atoms with Crippen molar-refractivity contribution >= 4 is 17.5 Å². The third-order valence-corrected chi connectivity index (χ3v) is 5.91. The average molecular weight is 396 g/mol. The number of benzene rings is 1. The normalized spacial score (nSPS) is 23.8. The number of para-hydroxylation sites is 1. The Labute approximate surface area is 163 Å². The zero-order valence-corrected chi connectivity index (χ0v) is 15.9. The Morgan fingerprint density at radius 1 is 0.821 bits per heavy atom. The number of rotatable bonds is 4. The van der Waals surface area contributed by atoms with Gasteiger partial charge in [-0.15, -0.1) is 0 Å². The minimum Gasteiger partial charge on any atom is -0.353 e. The van der Waals surface area contributed by atoms with E-state index in [1.807, 2.05) is 0 Å². The highest BCUT2D eigenvalue weighted by Crippen LogP contribution is 2.36. The van der Waals surface area contributed by atoms with E-state index < -0.39 is 17.6 Å². The second-order valence-electron chi connectivity index (χ2n) is 7.92. The summed E-state index contributed by atoms with van der Waals surface area (Å²) in [4.78, 5) is 24.9. The molecule has 28 heavy (non-hydrogen) atoms. The number of halogens is 3. The largest absolute Gasteiger partial charge is 0.418 e. The third-order valence-electron chi connectivity index (χ3n) is 5.91. The van der Waals surface area contributed by atoms with E-state index in [0.29, 0.717) is 25.7 Å². The van der Waals surface area contributed by atoms with Crippen molar-refractivity contribution in [2.45, 2.75) is 70.0 Å². The van der Waals surface area contributed by atoms with E-state index in [1.165, 1.54) is 24.6 Å². The van der Waals surface area contributed by atoms with E-state index in [-0.39, 0.29) is 29.5 Å². The monoisotopic (exact) mass is 396 g/mol. The molecular formula is C21H27F3N2O2. The number of amides is 2. The van der Waals surface area contributed by atoms with Gasteiger partial charge in [0.05, 0.1) is 11.3 Å². The maximum Gasteiger partial charge on any atom is 0.418 e. The van der Waals surface area contributed by atoms with Gasteiger partial charge in [0, 0.05) is 17.9 Å². The molecule has 2 aliphatic rings. The van der Waals surface area contributed by atoms with Crippen molar-refractivity contribution in [1.29, 1.82) is 0 Å². The van der Waals surface area contributed by atoms with Gasteiger partial charge >= 0.3 is 6.18 Å². The first-order chi connectivity index (χ1) is 13.3. The summed E-state index contributed by atoms with van der Waals surface area (Å²) in [6.07, 6.45) is 3.29. The van der Waals surface area contributed by atoms with Gasteiger partial charge in [-0.05, 0) is 50.7 Å². The lowest BCUT2D eigenvalue weighted by atomic mass is 9.80. The van der Waals surface area contributed by atoms with Crippen LogP contribution >= 0.6 is 0 Å². The predicted octanol–water partition coefficient (Wildman–Crippen LogP) is 4.90. The summed E-state index contributed by atoms with van der Waals surface area (Å²) in [5, 5.41) is 5.57. The Balaban J connectivity index is 1.51. The van der Waals surface area contributed by atoms with Gasteiger partial charge in [-0.3, -0.25) is 9.59 Å². The number of carbonyl (C=O) groups excluding carboxylic acids is 2. The van der Waals surface area contributed by atoms with Crippen LogP contribution in [0.25, 0.3) is 0 Å². The highest BCUT2D eigenvalue weighted by molar-refractivity contribution is 5.93. The first-order valence-corrected chi connectivity index (χ1v) is 10.1. The molecule has 7 heteroatoms. The summed E-state index contributed by atoms with van der Waals surface area (Å²) in [5.74, 6) is -0.801. The fourth-order valence-electron chi connectivity index (χ4n) is 4.26. The van der Waals surface area contributed by atoms with E-state index >= 15 is 0 Å². The van der Waals surface area contributed by atoms with Crippen molar-refractivity contribution in [3.8, 4) is 0 Å². The summed E-state index contributed by atoms with van der Waals surface area (Å²) in [6, 6.07) is 5.26. The van der Waals surface area contributed by atoms with Crippen LogP contribution in [-0.4, -0.2) is 17.9 Å². The molecule has 1 aromatic rings. The molecule has 2 fully saturated rings. The summed E-state index contributed by atoms with van der Waals surface area (Å²) in [7, 11) is 0. The highest BCUT2D eigenvalue weighted by atomic mass is 19.4. The van der Waals surface area contributed by atoms with Crippen LogP contribution in [0.4, 0.5) is 18.9 Å². The molecular weight excluding hydrogens is 369 g/mol. The van der Waals surface area contributed by atoms with Crippen molar-refractivity contribution in [2.24, 2.45) is 11.8 Å². The van der Waals surface area contributed by atoms with E-state index in [9.17, 15) is 22.8 Å². The SMILES string of the molecule is O=C(Nc1ccccc1C(F)(F)F)C1CCC(C(=O)NC2CCCCC2)CC1. The van der Waals surface area contributed by atoms with Crippen LogP contribution in [0.2, 0.25) is 0 Å². The molecule has 0 bridgehead atoms. The van der Waals surface area contributed by atoms with Gasteiger partial charge < -0.3 is 10.6 Å². The van der Waals surface area contributed by atoms with Crippen LogP contribution in [-0.2, 0) is 15.8 Å². The van der Waals surface area contributed by atoms with Crippen LogP contribution in [0.5, 0.6) is 0 Å². The van der Waals surface area contributed by atoms with Gasteiger partial charge in [-0.1, -0.05) is 31.4 Å². The predicted molar refractivity (Wildman–Crippen MR) is 101 cm³/mol. The molecule has 2 N–H and O–H groups in total. The standard InChI is InChI=1S/C21H27F3N2O2/c22-21(23,24)17-8-4-5-9-18(17)26-20(28)15-12-10-14(11-13-15)19(27)25-16-6-2-1-3-7-16/h4-5,8-9,14-16H,1-3,6-7,10-13H2,(H,25,27)(H,26,28). The van der Waals surface area contributed by atoms with E-state index in [2.05, 4.69) is 10.6 Å². The van der Waals surface area contributed by atoms with Gasteiger partial charge in [-0.2, -0.15) is 13.2 Å². The summed E-state index contributed by atoms with van der Waals surface area (Å²) < 4.78 is 39.2. The Hall–Kier alpha value is -2.05. The Kier molecular flexibility index (Phi) is 6.62. The molecule has 0 heterocycles. The molecule has 2 amide bonds. The number of hydrogen-bond donors (Lipinski definition) is 2. The lowest BCUT2D eigenvalue weighted by Crippen LogP contribution is -2.41. The van der Waals surface area contributed by atoms with Crippen LogP contribution in [0.15, 0.2) is 24.3 Å². The van der Waals surface area contributed by atoms with E-state index in [4.69, 9.17) is 0 Å². The minimum atomic E-state index is -4.52. The summed E-state index contributed by atoms with van der Waals surface area (Å²) in [5.41, 5.74) is -1.05. The van der Waals surface area contributed by atoms with E-state index in [0.717, 1.165) is 31.7 Å². The number of alkyl halides is 3. The molecule has 0 spiro atoms.